The maximum absolute atomic E-state index is 5.73. The number of thiophene rings is 1. The molecule has 6 heteroatoms. The van der Waals surface area contributed by atoms with Crippen molar-refractivity contribution in [2.75, 3.05) is 6.54 Å². The number of nitrogens with zero attached hydrogens (tertiary/aromatic N) is 3. The van der Waals surface area contributed by atoms with Crippen molar-refractivity contribution in [2.45, 2.75) is 26.8 Å². The molecule has 0 fully saturated rings. The largest absolute Gasteiger partial charge is 0.334 e. The summed E-state index contributed by atoms with van der Waals surface area (Å²) in [6.07, 6.45) is 2.90. The van der Waals surface area contributed by atoms with Crippen molar-refractivity contribution in [1.82, 2.24) is 20.4 Å². The Bertz CT molecular complexity index is 1150. The number of hydrogen-bond acceptors (Lipinski definition) is 6. The number of aryl methyl sites for hydroxylation is 2. The fourth-order valence-electron chi connectivity index (χ4n) is 3.88. The highest BCUT2D eigenvalue weighted by Crippen LogP contribution is 2.39. The number of fused-ring (bicyclic) bond motifs is 1. The first kappa shape index (κ1) is 17.3. The first-order valence-electron chi connectivity index (χ1n) is 9.38. The Kier molecular flexibility index (Phi) is 4.30. The van der Waals surface area contributed by atoms with Crippen molar-refractivity contribution in [2.24, 2.45) is 0 Å². The summed E-state index contributed by atoms with van der Waals surface area (Å²) in [5, 5.41) is 9.83. The van der Waals surface area contributed by atoms with Crippen LogP contribution in [0, 0.1) is 13.8 Å². The van der Waals surface area contributed by atoms with Crippen LogP contribution in [0.1, 0.15) is 21.7 Å². The predicted molar refractivity (Wildman–Crippen MR) is 111 cm³/mol. The summed E-state index contributed by atoms with van der Waals surface area (Å²) in [4.78, 5) is 10.6. The van der Waals surface area contributed by atoms with Crippen LogP contribution in [-0.2, 0) is 13.0 Å². The van der Waals surface area contributed by atoms with E-state index >= 15 is 0 Å². The fourth-order valence-corrected chi connectivity index (χ4v) is 4.74. The SMILES string of the molecule is Cc1ncc2c(c1-c1noc(-c3csc(C)c3-c3ccccc3)n1)CCNC2. The Hall–Kier alpha value is -2.83. The molecule has 4 aromatic rings. The van der Waals surface area contributed by atoms with Crippen molar-refractivity contribution in [3.63, 3.8) is 0 Å². The van der Waals surface area contributed by atoms with Gasteiger partial charge in [0.15, 0.2) is 0 Å². The lowest BCUT2D eigenvalue weighted by atomic mass is 9.95. The minimum absolute atomic E-state index is 0.559. The number of hydrogen-bond donors (Lipinski definition) is 1. The highest BCUT2D eigenvalue weighted by molar-refractivity contribution is 7.10. The molecule has 0 saturated heterocycles. The van der Waals surface area contributed by atoms with Gasteiger partial charge in [-0.3, -0.25) is 4.98 Å². The molecule has 3 aromatic heterocycles. The molecule has 1 aliphatic heterocycles. The Balaban J connectivity index is 1.62. The molecule has 5 nitrogen and oxygen atoms in total. The Morgan fingerprint density at radius 2 is 1.96 bits per heavy atom. The number of nitrogens with one attached hydrogen (secondary N) is 1. The zero-order valence-corrected chi connectivity index (χ0v) is 16.6. The molecule has 1 N–H and O–H groups in total. The van der Waals surface area contributed by atoms with E-state index in [0.717, 1.165) is 47.5 Å². The minimum atomic E-state index is 0.559. The van der Waals surface area contributed by atoms with Gasteiger partial charge < -0.3 is 9.84 Å². The van der Waals surface area contributed by atoms with Crippen LogP contribution in [-0.4, -0.2) is 21.7 Å². The van der Waals surface area contributed by atoms with E-state index < -0.39 is 0 Å². The van der Waals surface area contributed by atoms with Crippen LogP contribution in [0.4, 0.5) is 0 Å². The van der Waals surface area contributed by atoms with Crippen LogP contribution in [0.3, 0.4) is 0 Å². The van der Waals surface area contributed by atoms with Gasteiger partial charge in [0.25, 0.3) is 5.89 Å². The van der Waals surface area contributed by atoms with Crippen LogP contribution >= 0.6 is 11.3 Å². The molecular weight excluding hydrogens is 368 g/mol. The summed E-state index contributed by atoms with van der Waals surface area (Å²) >= 11 is 1.70. The lowest BCUT2D eigenvalue weighted by Gasteiger charge is -2.19. The molecule has 0 spiro atoms. The van der Waals surface area contributed by atoms with Crippen molar-refractivity contribution < 1.29 is 4.52 Å². The Morgan fingerprint density at radius 1 is 1.11 bits per heavy atom. The average Bonchev–Trinajstić information content (AvgIpc) is 3.35. The van der Waals surface area contributed by atoms with Gasteiger partial charge in [0.2, 0.25) is 5.82 Å². The summed E-state index contributed by atoms with van der Waals surface area (Å²) in [6, 6.07) is 10.4. The van der Waals surface area contributed by atoms with Gasteiger partial charge in [-0.15, -0.1) is 11.3 Å². The number of aromatic nitrogens is 3. The third kappa shape index (κ3) is 2.85. The third-order valence-corrected chi connectivity index (χ3v) is 6.16. The summed E-state index contributed by atoms with van der Waals surface area (Å²) in [6.45, 7) is 5.93. The van der Waals surface area contributed by atoms with E-state index in [-0.39, 0.29) is 0 Å². The molecule has 28 heavy (non-hydrogen) atoms. The Morgan fingerprint density at radius 3 is 2.82 bits per heavy atom. The molecule has 0 saturated carbocycles. The fraction of sp³-hybridized carbons (Fsp3) is 0.227. The second-order valence-corrected chi connectivity index (χ2v) is 8.10. The van der Waals surface area contributed by atoms with E-state index in [1.807, 2.05) is 19.2 Å². The first-order valence-corrected chi connectivity index (χ1v) is 10.3. The Labute approximate surface area is 167 Å². The lowest BCUT2D eigenvalue weighted by Crippen LogP contribution is -2.24. The molecule has 0 amide bonds. The van der Waals surface area contributed by atoms with Gasteiger partial charge in [-0.2, -0.15) is 4.98 Å². The molecule has 1 aliphatic rings. The minimum Gasteiger partial charge on any atom is -0.334 e. The normalized spacial score (nSPS) is 13.5. The van der Waals surface area contributed by atoms with E-state index in [1.165, 1.54) is 16.0 Å². The number of benzene rings is 1. The van der Waals surface area contributed by atoms with Gasteiger partial charge >= 0.3 is 0 Å². The average molecular weight is 388 g/mol. The van der Waals surface area contributed by atoms with E-state index in [1.54, 1.807) is 11.3 Å². The second kappa shape index (κ2) is 6.96. The van der Waals surface area contributed by atoms with Crippen LogP contribution in [0.15, 0.2) is 46.4 Å². The van der Waals surface area contributed by atoms with Crippen molar-refractivity contribution in [1.29, 1.82) is 0 Å². The molecule has 0 unspecified atom stereocenters. The molecule has 140 valence electrons. The summed E-state index contributed by atoms with van der Waals surface area (Å²) in [7, 11) is 0. The van der Waals surface area contributed by atoms with Gasteiger partial charge in [-0.25, -0.2) is 0 Å². The van der Waals surface area contributed by atoms with Crippen LogP contribution in [0.5, 0.6) is 0 Å². The standard InChI is InChI=1S/C22H20N4OS/c1-13-19(17-8-9-23-10-16(17)11-24-13)21-25-22(27-26-21)18-12-28-14(2)20(18)15-6-4-3-5-7-15/h3-7,11-12,23H,8-10H2,1-2H3. The summed E-state index contributed by atoms with van der Waals surface area (Å²) < 4.78 is 5.73. The first-order chi connectivity index (χ1) is 13.7. The second-order valence-electron chi connectivity index (χ2n) is 7.02. The van der Waals surface area contributed by atoms with Crippen molar-refractivity contribution >= 4 is 11.3 Å². The molecular formula is C22H20N4OS. The lowest BCUT2D eigenvalue weighted by molar-refractivity contribution is 0.432. The maximum atomic E-state index is 5.73. The molecule has 0 bridgehead atoms. The zero-order chi connectivity index (χ0) is 19.1. The van der Waals surface area contributed by atoms with E-state index in [0.29, 0.717) is 11.7 Å². The quantitative estimate of drug-likeness (QED) is 0.547. The molecule has 4 heterocycles. The van der Waals surface area contributed by atoms with Crippen LogP contribution in [0.25, 0.3) is 34.0 Å². The highest BCUT2D eigenvalue weighted by atomic mass is 32.1. The zero-order valence-electron chi connectivity index (χ0n) is 15.8. The molecule has 0 aliphatic carbocycles. The summed E-state index contributed by atoms with van der Waals surface area (Å²) in [5.41, 5.74) is 7.77. The molecule has 1 aromatic carbocycles. The highest BCUT2D eigenvalue weighted by Gasteiger charge is 2.23. The van der Waals surface area contributed by atoms with Gasteiger partial charge in [-0.05, 0) is 43.5 Å². The molecule has 5 rings (SSSR count). The summed E-state index contributed by atoms with van der Waals surface area (Å²) in [5.74, 6) is 1.19. The van der Waals surface area contributed by atoms with Crippen molar-refractivity contribution in [3.05, 3.63) is 63.6 Å². The molecule has 0 atom stereocenters. The monoisotopic (exact) mass is 388 g/mol. The topological polar surface area (TPSA) is 63.8 Å². The van der Waals surface area contributed by atoms with E-state index in [4.69, 9.17) is 9.51 Å². The van der Waals surface area contributed by atoms with Gasteiger partial charge in [0.05, 0.1) is 5.56 Å². The third-order valence-electron chi connectivity index (χ3n) is 5.25. The van der Waals surface area contributed by atoms with Gasteiger partial charge in [0, 0.05) is 39.8 Å². The van der Waals surface area contributed by atoms with Gasteiger partial charge in [0.1, 0.15) is 0 Å². The van der Waals surface area contributed by atoms with Gasteiger partial charge in [-0.1, -0.05) is 35.5 Å². The van der Waals surface area contributed by atoms with Crippen LogP contribution < -0.4 is 5.32 Å². The predicted octanol–water partition coefficient (Wildman–Crippen LogP) is 4.79. The van der Waals surface area contributed by atoms with E-state index in [2.05, 4.69) is 52.0 Å². The maximum Gasteiger partial charge on any atom is 0.259 e. The number of rotatable bonds is 3. The smallest absolute Gasteiger partial charge is 0.259 e. The molecule has 0 radical (unpaired) electrons. The van der Waals surface area contributed by atoms with Crippen LogP contribution in [0.2, 0.25) is 0 Å². The van der Waals surface area contributed by atoms with E-state index in [9.17, 15) is 0 Å². The number of pyridine rings is 1. The van der Waals surface area contributed by atoms with Crippen molar-refractivity contribution in [3.8, 4) is 34.0 Å².